The Balaban J connectivity index is 2.32. The minimum absolute atomic E-state index is 0.736. The van der Waals surface area contributed by atoms with Crippen molar-refractivity contribution in [2.75, 3.05) is 25.6 Å². The molecule has 0 saturated carbocycles. The van der Waals surface area contributed by atoms with Crippen LogP contribution in [0.25, 0.3) is 0 Å². The monoisotopic (exact) mass is 179 g/mol. The molecule has 1 aliphatic rings. The molecule has 70 valence electrons. The van der Waals surface area contributed by atoms with Crippen LogP contribution < -0.4 is 14.8 Å². The zero-order chi connectivity index (χ0) is 9.10. The Labute approximate surface area is 77.7 Å². The van der Waals surface area contributed by atoms with E-state index in [4.69, 9.17) is 9.47 Å². The first-order chi connectivity index (χ1) is 6.40. The zero-order valence-electron chi connectivity index (χ0n) is 7.67. The number of ether oxygens (including phenoxy) is 2. The predicted octanol–water partition coefficient (Wildman–Crippen LogP) is 1.89. The number of hydrogen-bond donors (Lipinski definition) is 1. The van der Waals surface area contributed by atoms with Crippen LogP contribution in [0.4, 0.5) is 5.69 Å². The molecule has 0 amide bonds. The van der Waals surface area contributed by atoms with Crippen LogP contribution in [-0.4, -0.2) is 20.3 Å². The molecule has 1 aromatic carbocycles. The molecule has 1 heterocycles. The third-order valence-electron chi connectivity index (χ3n) is 2.04. The summed E-state index contributed by atoms with van der Waals surface area (Å²) in [5, 5.41) is 3.06. The maximum Gasteiger partial charge on any atom is 0.163 e. The van der Waals surface area contributed by atoms with Gasteiger partial charge in [0.15, 0.2) is 11.5 Å². The van der Waals surface area contributed by atoms with E-state index in [2.05, 4.69) is 5.32 Å². The molecule has 0 bridgehead atoms. The number of rotatable bonds is 1. The van der Waals surface area contributed by atoms with Crippen molar-refractivity contribution < 1.29 is 9.47 Å². The van der Waals surface area contributed by atoms with Gasteiger partial charge in [-0.15, -0.1) is 0 Å². The molecule has 0 unspecified atom stereocenters. The largest absolute Gasteiger partial charge is 0.490 e. The van der Waals surface area contributed by atoms with E-state index >= 15 is 0 Å². The highest BCUT2D eigenvalue weighted by molar-refractivity contribution is 5.54. The fraction of sp³-hybridized carbons (Fsp3) is 0.400. The Kier molecular flexibility index (Phi) is 2.25. The lowest BCUT2D eigenvalue weighted by Crippen LogP contribution is -1.97. The van der Waals surface area contributed by atoms with Crippen molar-refractivity contribution in [2.24, 2.45) is 0 Å². The molecule has 0 radical (unpaired) electrons. The van der Waals surface area contributed by atoms with Gasteiger partial charge in [0.05, 0.1) is 13.2 Å². The number of anilines is 1. The van der Waals surface area contributed by atoms with Crippen LogP contribution in [0.3, 0.4) is 0 Å². The van der Waals surface area contributed by atoms with Crippen LogP contribution >= 0.6 is 0 Å². The highest BCUT2D eigenvalue weighted by Gasteiger charge is 2.09. The fourth-order valence-corrected chi connectivity index (χ4v) is 1.32. The number of benzene rings is 1. The van der Waals surface area contributed by atoms with E-state index in [0.717, 1.165) is 36.8 Å². The SMILES string of the molecule is CNc1ccc2c(c1)OCCCO2. The molecule has 0 fully saturated rings. The Morgan fingerprint density at radius 1 is 1.15 bits per heavy atom. The lowest BCUT2D eigenvalue weighted by molar-refractivity contribution is 0.297. The summed E-state index contributed by atoms with van der Waals surface area (Å²) in [6, 6.07) is 5.88. The molecule has 2 rings (SSSR count). The first kappa shape index (κ1) is 8.23. The van der Waals surface area contributed by atoms with Gasteiger partial charge in [0.2, 0.25) is 0 Å². The van der Waals surface area contributed by atoms with Crippen LogP contribution in [0.1, 0.15) is 6.42 Å². The Hall–Kier alpha value is -1.38. The molecule has 0 aliphatic carbocycles. The van der Waals surface area contributed by atoms with Crippen LogP contribution in [0.5, 0.6) is 11.5 Å². The summed E-state index contributed by atoms with van der Waals surface area (Å²) in [4.78, 5) is 0. The highest BCUT2D eigenvalue weighted by atomic mass is 16.5. The van der Waals surface area contributed by atoms with Crippen molar-refractivity contribution in [3.8, 4) is 11.5 Å². The molecule has 3 nitrogen and oxygen atoms in total. The lowest BCUT2D eigenvalue weighted by Gasteiger charge is -2.08. The predicted molar refractivity (Wildman–Crippen MR) is 51.6 cm³/mol. The smallest absolute Gasteiger partial charge is 0.163 e. The second-order valence-electron chi connectivity index (χ2n) is 2.96. The van der Waals surface area contributed by atoms with Gasteiger partial charge in [0.25, 0.3) is 0 Å². The van der Waals surface area contributed by atoms with Gasteiger partial charge >= 0.3 is 0 Å². The highest BCUT2D eigenvalue weighted by Crippen LogP contribution is 2.31. The Morgan fingerprint density at radius 3 is 2.69 bits per heavy atom. The molecule has 0 aromatic heterocycles. The minimum Gasteiger partial charge on any atom is -0.490 e. The standard InChI is InChI=1S/C10H13NO2/c1-11-8-3-4-9-10(7-8)13-6-2-5-12-9/h3-4,7,11H,2,5-6H2,1H3. The third kappa shape index (κ3) is 1.69. The number of fused-ring (bicyclic) bond motifs is 1. The first-order valence-corrected chi connectivity index (χ1v) is 4.47. The topological polar surface area (TPSA) is 30.5 Å². The van der Waals surface area contributed by atoms with E-state index < -0.39 is 0 Å². The maximum atomic E-state index is 5.53. The summed E-state index contributed by atoms with van der Waals surface area (Å²) in [5.41, 5.74) is 1.05. The van der Waals surface area contributed by atoms with E-state index in [-0.39, 0.29) is 0 Å². The van der Waals surface area contributed by atoms with Crippen LogP contribution in [0.15, 0.2) is 18.2 Å². The van der Waals surface area contributed by atoms with E-state index in [1.165, 1.54) is 0 Å². The van der Waals surface area contributed by atoms with Gasteiger partial charge in [-0.05, 0) is 12.1 Å². The summed E-state index contributed by atoms with van der Waals surface area (Å²) in [7, 11) is 1.89. The van der Waals surface area contributed by atoms with Crippen LogP contribution in [-0.2, 0) is 0 Å². The second-order valence-corrected chi connectivity index (χ2v) is 2.96. The lowest BCUT2D eigenvalue weighted by atomic mass is 10.3. The minimum atomic E-state index is 0.736. The molecule has 0 atom stereocenters. The molecule has 0 saturated heterocycles. The molecule has 1 N–H and O–H groups in total. The van der Waals surface area contributed by atoms with E-state index in [1.807, 2.05) is 25.2 Å². The molecule has 13 heavy (non-hydrogen) atoms. The van der Waals surface area contributed by atoms with Gasteiger partial charge in [0, 0.05) is 25.2 Å². The van der Waals surface area contributed by atoms with E-state index in [1.54, 1.807) is 0 Å². The van der Waals surface area contributed by atoms with Gasteiger partial charge in [0.1, 0.15) is 0 Å². The van der Waals surface area contributed by atoms with Crippen LogP contribution in [0.2, 0.25) is 0 Å². The summed E-state index contributed by atoms with van der Waals surface area (Å²) in [5.74, 6) is 1.68. The van der Waals surface area contributed by atoms with Crippen molar-refractivity contribution in [3.05, 3.63) is 18.2 Å². The van der Waals surface area contributed by atoms with Crippen molar-refractivity contribution in [3.63, 3.8) is 0 Å². The normalized spacial score (nSPS) is 14.8. The average molecular weight is 179 g/mol. The van der Waals surface area contributed by atoms with E-state index in [9.17, 15) is 0 Å². The van der Waals surface area contributed by atoms with E-state index in [0.29, 0.717) is 0 Å². The molecule has 1 aromatic rings. The van der Waals surface area contributed by atoms with Gasteiger partial charge in [-0.2, -0.15) is 0 Å². The van der Waals surface area contributed by atoms with Gasteiger partial charge in [-0.3, -0.25) is 0 Å². The molecule has 0 spiro atoms. The summed E-state index contributed by atoms with van der Waals surface area (Å²) in [6.07, 6.45) is 0.948. The van der Waals surface area contributed by atoms with Crippen molar-refractivity contribution >= 4 is 5.69 Å². The quantitative estimate of drug-likeness (QED) is 0.714. The van der Waals surface area contributed by atoms with Crippen molar-refractivity contribution in [1.29, 1.82) is 0 Å². The third-order valence-corrected chi connectivity index (χ3v) is 2.04. The summed E-state index contributed by atoms with van der Waals surface area (Å²) >= 11 is 0. The number of nitrogens with one attached hydrogen (secondary N) is 1. The molecule has 1 aliphatic heterocycles. The fourth-order valence-electron chi connectivity index (χ4n) is 1.32. The van der Waals surface area contributed by atoms with Gasteiger partial charge < -0.3 is 14.8 Å². The maximum absolute atomic E-state index is 5.53. The zero-order valence-corrected chi connectivity index (χ0v) is 7.67. The molecular formula is C10H13NO2. The second kappa shape index (κ2) is 3.56. The Bertz CT molecular complexity index is 299. The Morgan fingerprint density at radius 2 is 1.92 bits per heavy atom. The van der Waals surface area contributed by atoms with Gasteiger partial charge in [-0.25, -0.2) is 0 Å². The van der Waals surface area contributed by atoms with Crippen LogP contribution in [0, 0.1) is 0 Å². The van der Waals surface area contributed by atoms with Gasteiger partial charge in [-0.1, -0.05) is 0 Å². The summed E-state index contributed by atoms with van der Waals surface area (Å²) in [6.45, 7) is 1.48. The number of hydrogen-bond acceptors (Lipinski definition) is 3. The first-order valence-electron chi connectivity index (χ1n) is 4.47. The molecular weight excluding hydrogens is 166 g/mol. The van der Waals surface area contributed by atoms with Crippen molar-refractivity contribution in [2.45, 2.75) is 6.42 Å². The molecule has 3 heteroatoms. The average Bonchev–Trinajstić information content (AvgIpc) is 2.41. The van der Waals surface area contributed by atoms with Crippen molar-refractivity contribution in [1.82, 2.24) is 0 Å². The summed E-state index contributed by atoms with van der Waals surface area (Å²) < 4.78 is 11.0.